The van der Waals surface area contributed by atoms with Gasteiger partial charge in [0.2, 0.25) is 5.91 Å². The summed E-state index contributed by atoms with van der Waals surface area (Å²) in [6, 6.07) is 13.1. The summed E-state index contributed by atoms with van der Waals surface area (Å²) in [7, 11) is 1.33. The molecule has 0 saturated carbocycles. The molecule has 3 rings (SSSR count). The van der Waals surface area contributed by atoms with Crippen molar-refractivity contribution in [2.45, 2.75) is 38.5 Å². The van der Waals surface area contributed by atoms with E-state index in [1.807, 2.05) is 44.2 Å². The van der Waals surface area contributed by atoms with Crippen LogP contribution in [0.3, 0.4) is 0 Å². The fourth-order valence-corrected chi connectivity index (χ4v) is 4.66. The molecule has 0 aliphatic carbocycles. The standard InChI is InChI=1S/C27H34F3N5O/c1-19(2)17-24(26(36)33-12-11-31)34(3)25(27(28,29)30)22-6-4-5-21(18-22)20-7-9-23(10-8-20)35-15-13-32-14-16-35/h4-10,18-19,24-25,32H,12-17H2,1-3H3,(H,33,36)/t24-,25?/m0/s1. The number of benzene rings is 2. The molecule has 1 saturated heterocycles. The minimum absolute atomic E-state index is 0.0142. The van der Waals surface area contributed by atoms with E-state index in [0.29, 0.717) is 5.56 Å². The first-order chi connectivity index (χ1) is 17.1. The quantitative estimate of drug-likeness (QED) is 0.500. The third-order valence-electron chi connectivity index (χ3n) is 6.43. The predicted molar refractivity (Wildman–Crippen MR) is 135 cm³/mol. The van der Waals surface area contributed by atoms with Crippen LogP contribution in [0.4, 0.5) is 18.9 Å². The van der Waals surface area contributed by atoms with Crippen molar-refractivity contribution >= 4 is 11.6 Å². The van der Waals surface area contributed by atoms with Gasteiger partial charge >= 0.3 is 6.18 Å². The summed E-state index contributed by atoms with van der Waals surface area (Å²) in [5.74, 6) is -0.596. The lowest BCUT2D eigenvalue weighted by Gasteiger charge is -2.36. The van der Waals surface area contributed by atoms with Gasteiger partial charge < -0.3 is 15.5 Å². The number of amides is 1. The van der Waals surface area contributed by atoms with E-state index in [0.717, 1.165) is 42.3 Å². The summed E-state index contributed by atoms with van der Waals surface area (Å²) in [6.45, 7) is 7.11. The van der Waals surface area contributed by atoms with Crippen molar-refractivity contribution in [1.29, 1.82) is 5.26 Å². The van der Waals surface area contributed by atoms with Gasteiger partial charge in [-0.3, -0.25) is 9.69 Å². The first-order valence-corrected chi connectivity index (χ1v) is 12.2. The maximum atomic E-state index is 14.4. The monoisotopic (exact) mass is 501 g/mol. The Hall–Kier alpha value is -3.09. The first kappa shape index (κ1) is 27.5. The van der Waals surface area contributed by atoms with Gasteiger partial charge in [0.15, 0.2) is 0 Å². The highest BCUT2D eigenvalue weighted by atomic mass is 19.4. The van der Waals surface area contributed by atoms with Crippen LogP contribution in [0.5, 0.6) is 0 Å². The van der Waals surface area contributed by atoms with Crippen LogP contribution in [0.1, 0.15) is 31.9 Å². The van der Waals surface area contributed by atoms with Crippen molar-refractivity contribution in [2.75, 3.05) is 44.7 Å². The topological polar surface area (TPSA) is 71.4 Å². The molecule has 1 aliphatic rings. The Morgan fingerprint density at radius 1 is 1.14 bits per heavy atom. The van der Waals surface area contributed by atoms with Crippen molar-refractivity contribution < 1.29 is 18.0 Å². The highest BCUT2D eigenvalue weighted by Crippen LogP contribution is 2.40. The maximum Gasteiger partial charge on any atom is 0.408 e. The molecule has 2 aromatic carbocycles. The summed E-state index contributed by atoms with van der Waals surface area (Å²) in [5, 5.41) is 14.5. The summed E-state index contributed by atoms with van der Waals surface area (Å²) < 4.78 is 43.3. The molecule has 36 heavy (non-hydrogen) atoms. The van der Waals surface area contributed by atoms with E-state index in [1.54, 1.807) is 18.2 Å². The zero-order chi connectivity index (χ0) is 26.3. The van der Waals surface area contributed by atoms with E-state index in [1.165, 1.54) is 13.1 Å². The fraction of sp³-hybridized carbons (Fsp3) is 0.481. The van der Waals surface area contributed by atoms with E-state index in [-0.39, 0.29) is 24.4 Å². The summed E-state index contributed by atoms with van der Waals surface area (Å²) in [4.78, 5) is 16.1. The van der Waals surface area contributed by atoms with Gasteiger partial charge in [0.05, 0.1) is 12.1 Å². The lowest BCUT2D eigenvalue weighted by atomic mass is 9.95. The molecule has 1 unspecified atom stereocenters. The number of piperazine rings is 1. The Kier molecular flexibility index (Phi) is 9.35. The molecule has 0 spiro atoms. The SMILES string of the molecule is CC(C)C[C@@H](C(=O)NCC#N)N(C)C(c1cccc(-c2ccc(N3CCNCC3)cc2)c1)C(F)(F)F. The molecule has 1 heterocycles. The van der Waals surface area contributed by atoms with Gasteiger partial charge in [0, 0.05) is 31.9 Å². The van der Waals surface area contributed by atoms with E-state index in [2.05, 4.69) is 15.5 Å². The molecule has 1 amide bonds. The normalized spacial score (nSPS) is 16.0. The number of halogens is 3. The molecule has 1 aliphatic heterocycles. The molecule has 2 atom stereocenters. The minimum atomic E-state index is -4.61. The van der Waals surface area contributed by atoms with Crippen LogP contribution in [0.2, 0.25) is 0 Å². The number of hydrogen-bond donors (Lipinski definition) is 2. The van der Waals surface area contributed by atoms with Crippen LogP contribution in [-0.2, 0) is 4.79 Å². The first-order valence-electron chi connectivity index (χ1n) is 12.2. The molecule has 0 aromatic heterocycles. The second-order valence-corrected chi connectivity index (χ2v) is 9.54. The number of carbonyl (C=O) groups excluding carboxylic acids is 1. The lowest BCUT2D eigenvalue weighted by Crippen LogP contribution is -2.50. The van der Waals surface area contributed by atoms with Gasteiger partial charge in [-0.05, 0) is 54.3 Å². The van der Waals surface area contributed by atoms with Gasteiger partial charge in [-0.1, -0.05) is 44.2 Å². The highest BCUT2D eigenvalue weighted by molar-refractivity contribution is 5.82. The third-order valence-corrected chi connectivity index (χ3v) is 6.43. The predicted octanol–water partition coefficient (Wildman–Crippen LogP) is 4.35. The number of hydrogen-bond acceptors (Lipinski definition) is 5. The summed E-state index contributed by atoms with van der Waals surface area (Å²) in [5.41, 5.74) is 2.65. The van der Waals surface area contributed by atoms with Crippen molar-refractivity contribution in [3.63, 3.8) is 0 Å². The van der Waals surface area contributed by atoms with Gasteiger partial charge in [0.1, 0.15) is 12.6 Å². The molecule has 0 bridgehead atoms. The third kappa shape index (κ3) is 6.99. The highest BCUT2D eigenvalue weighted by Gasteiger charge is 2.46. The van der Waals surface area contributed by atoms with E-state index in [9.17, 15) is 18.0 Å². The van der Waals surface area contributed by atoms with Crippen molar-refractivity contribution in [1.82, 2.24) is 15.5 Å². The van der Waals surface area contributed by atoms with Crippen LogP contribution < -0.4 is 15.5 Å². The average molecular weight is 502 g/mol. The largest absolute Gasteiger partial charge is 0.408 e. The number of nitrogens with zero attached hydrogens (tertiary/aromatic N) is 3. The van der Waals surface area contributed by atoms with Crippen LogP contribution in [-0.4, -0.2) is 62.8 Å². The number of nitriles is 1. The molecular formula is C27H34F3N5O. The number of nitrogens with one attached hydrogen (secondary N) is 2. The van der Waals surface area contributed by atoms with Crippen LogP contribution in [0.25, 0.3) is 11.1 Å². The molecule has 9 heteroatoms. The van der Waals surface area contributed by atoms with E-state index in [4.69, 9.17) is 5.26 Å². The number of likely N-dealkylation sites (N-methyl/N-ethyl adjacent to an activating group) is 1. The molecule has 1 fully saturated rings. The van der Waals surface area contributed by atoms with Crippen LogP contribution in [0, 0.1) is 17.2 Å². The second-order valence-electron chi connectivity index (χ2n) is 9.54. The van der Waals surface area contributed by atoms with Crippen molar-refractivity contribution in [3.05, 3.63) is 54.1 Å². The van der Waals surface area contributed by atoms with E-state index >= 15 is 0 Å². The summed E-state index contributed by atoms with van der Waals surface area (Å²) >= 11 is 0. The zero-order valence-corrected chi connectivity index (χ0v) is 21.0. The van der Waals surface area contributed by atoms with E-state index < -0.39 is 24.2 Å². The number of carbonyl (C=O) groups is 1. The van der Waals surface area contributed by atoms with Crippen molar-refractivity contribution in [2.24, 2.45) is 5.92 Å². The zero-order valence-electron chi connectivity index (χ0n) is 21.0. The Labute approximate surface area is 211 Å². The Morgan fingerprint density at radius 3 is 2.39 bits per heavy atom. The van der Waals surface area contributed by atoms with Crippen LogP contribution in [0.15, 0.2) is 48.5 Å². The van der Waals surface area contributed by atoms with Gasteiger partial charge in [-0.2, -0.15) is 18.4 Å². The average Bonchev–Trinajstić information content (AvgIpc) is 2.85. The molecular weight excluding hydrogens is 467 g/mol. The molecule has 194 valence electrons. The molecule has 2 N–H and O–H groups in total. The van der Waals surface area contributed by atoms with Crippen molar-refractivity contribution in [3.8, 4) is 17.2 Å². The van der Waals surface area contributed by atoms with Gasteiger partial charge in [-0.25, -0.2) is 0 Å². The maximum absolute atomic E-state index is 14.4. The Balaban J connectivity index is 1.91. The number of rotatable bonds is 9. The fourth-order valence-electron chi connectivity index (χ4n) is 4.66. The smallest absolute Gasteiger partial charge is 0.369 e. The molecule has 2 aromatic rings. The minimum Gasteiger partial charge on any atom is -0.369 e. The molecule has 0 radical (unpaired) electrons. The number of anilines is 1. The second kappa shape index (κ2) is 12.2. The Morgan fingerprint density at radius 2 is 1.81 bits per heavy atom. The number of alkyl halides is 3. The van der Waals surface area contributed by atoms with Gasteiger partial charge in [0.25, 0.3) is 0 Å². The van der Waals surface area contributed by atoms with Gasteiger partial charge in [-0.15, -0.1) is 0 Å². The Bertz CT molecular complexity index is 1040. The van der Waals surface area contributed by atoms with Crippen LogP contribution >= 0.6 is 0 Å². The molecule has 6 nitrogen and oxygen atoms in total. The summed E-state index contributed by atoms with van der Waals surface area (Å²) in [6.07, 6.45) is -4.38. The lowest BCUT2D eigenvalue weighted by molar-refractivity contribution is -0.190.